The number of aliphatic hydroxyl groups is 1. The van der Waals surface area contributed by atoms with Crippen LogP contribution in [0.25, 0.3) is 0 Å². The van der Waals surface area contributed by atoms with Gasteiger partial charge >= 0.3 is 0 Å². The molecule has 0 spiro atoms. The van der Waals surface area contributed by atoms with E-state index in [4.69, 9.17) is 4.74 Å². The molecule has 4 heteroatoms. The molecule has 0 aromatic carbocycles. The number of hydrogen-bond acceptors (Lipinski definition) is 4. The highest BCUT2D eigenvalue weighted by molar-refractivity contribution is 7.09. The molecular formula is C14H17NO2S. The number of aryl methyl sites for hydroxylation is 1. The summed E-state index contributed by atoms with van der Waals surface area (Å²) in [5.41, 5.74) is 1.81. The summed E-state index contributed by atoms with van der Waals surface area (Å²) in [4.78, 5) is 5.70. The molecule has 1 N–H and O–H groups in total. The number of rotatable bonds is 6. The van der Waals surface area contributed by atoms with Gasteiger partial charge in [-0.2, -0.15) is 0 Å². The Morgan fingerprint density at radius 3 is 2.94 bits per heavy atom. The lowest BCUT2D eigenvalue weighted by atomic mass is 10.2. The van der Waals surface area contributed by atoms with Gasteiger partial charge < -0.3 is 9.84 Å². The lowest BCUT2D eigenvalue weighted by Crippen LogP contribution is -2.03. The smallest absolute Gasteiger partial charge is 0.213 e. The molecular weight excluding hydrogens is 246 g/mol. The summed E-state index contributed by atoms with van der Waals surface area (Å²) >= 11 is 1.73. The molecule has 2 aromatic heterocycles. The molecule has 0 radical (unpaired) electrons. The van der Waals surface area contributed by atoms with Crippen LogP contribution in [-0.2, 0) is 19.4 Å². The number of nitrogens with zero attached hydrogens (tertiary/aromatic N) is 1. The monoisotopic (exact) mass is 263 g/mol. The van der Waals surface area contributed by atoms with Crippen molar-refractivity contribution in [1.82, 2.24) is 4.98 Å². The van der Waals surface area contributed by atoms with Gasteiger partial charge in [0.25, 0.3) is 0 Å². The predicted octanol–water partition coefficient (Wildman–Crippen LogP) is 2.82. The zero-order valence-electron chi connectivity index (χ0n) is 10.4. The van der Waals surface area contributed by atoms with Gasteiger partial charge in [-0.1, -0.05) is 13.0 Å². The molecule has 2 aromatic rings. The normalized spacial score (nSPS) is 10.6. The number of aliphatic hydroxyl groups excluding tert-OH is 1. The average molecular weight is 263 g/mol. The molecule has 0 bridgehead atoms. The van der Waals surface area contributed by atoms with Crippen molar-refractivity contribution >= 4 is 11.3 Å². The highest BCUT2D eigenvalue weighted by atomic mass is 32.1. The third kappa shape index (κ3) is 3.55. The van der Waals surface area contributed by atoms with Crippen LogP contribution < -0.4 is 4.74 Å². The zero-order valence-corrected chi connectivity index (χ0v) is 11.2. The second kappa shape index (κ2) is 6.52. The van der Waals surface area contributed by atoms with Crippen LogP contribution in [0.1, 0.15) is 23.1 Å². The van der Waals surface area contributed by atoms with E-state index in [1.165, 1.54) is 4.88 Å². The van der Waals surface area contributed by atoms with Crippen LogP contribution in [-0.4, -0.2) is 16.7 Å². The Balaban J connectivity index is 1.95. The molecule has 2 heterocycles. The highest BCUT2D eigenvalue weighted by Crippen LogP contribution is 2.15. The summed E-state index contributed by atoms with van der Waals surface area (Å²) in [7, 11) is 0. The van der Waals surface area contributed by atoms with E-state index in [-0.39, 0.29) is 6.61 Å². The Bertz CT molecular complexity index is 460. The van der Waals surface area contributed by atoms with E-state index in [1.807, 2.05) is 19.1 Å². The number of thiophene rings is 1. The first-order valence-corrected chi connectivity index (χ1v) is 6.95. The number of pyridine rings is 1. The van der Waals surface area contributed by atoms with Gasteiger partial charge in [0.1, 0.15) is 0 Å². The molecule has 0 aliphatic carbocycles. The van der Waals surface area contributed by atoms with Crippen molar-refractivity contribution in [2.24, 2.45) is 0 Å². The minimum Gasteiger partial charge on any atom is -0.477 e. The van der Waals surface area contributed by atoms with Crippen molar-refractivity contribution in [3.05, 3.63) is 45.8 Å². The second-order valence-corrected chi connectivity index (χ2v) is 5.03. The first-order chi connectivity index (χ1) is 8.81. The van der Waals surface area contributed by atoms with E-state index >= 15 is 0 Å². The summed E-state index contributed by atoms with van der Waals surface area (Å²) in [6, 6.07) is 7.85. The predicted molar refractivity (Wildman–Crippen MR) is 73.1 cm³/mol. The Kier molecular flexibility index (Phi) is 4.73. The first kappa shape index (κ1) is 13.1. The molecule has 0 unspecified atom stereocenters. The maximum absolute atomic E-state index is 9.18. The molecule has 18 heavy (non-hydrogen) atoms. The molecule has 0 atom stereocenters. The first-order valence-electron chi connectivity index (χ1n) is 6.07. The van der Waals surface area contributed by atoms with Gasteiger partial charge in [0.05, 0.1) is 13.2 Å². The fourth-order valence-electron chi connectivity index (χ4n) is 1.68. The minimum atomic E-state index is 0.0246. The largest absolute Gasteiger partial charge is 0.477 e. The van der Waals surface area contributed by atoms with E-state index in [0.717, 1.165) is 24.1 Å². The molecule has 96 valence electrons. The van der Waals surface area contributed by atoms with Crippen LogP contribution in [0.15, 0.2) is 29.6 Å². The highest BCUT2D eigenvalue weighted by Gasteiger charge is 2.03. The number of aromatic nitrogens is 1. The third-order valence-corrected chi connectivity index (χ3v) is 3.57. The second-order valence-electron chi connectivity index (χ2n) is 3.99. The Morgan fingerprint density at radius 2 is 2.28 bits per heavy atom. The van der Waals surface area contributed by atoms with Crippen molar-refractivity contribution in [1.29, 1.82) is 0 Å². The molecule has 0 fully saturated rings. The fourth-order valence-corrected chi connectivity index (χ4v) is 2.37. The zero-order chi connectivity index (χ0) is 12.8. The van der Waals surface area contributed by atoms with Crippen LogP contribution in [0.5, 0.6) is 5.88 Å². The Morgan fingerprint density at radius 1 is 1.39 bits per heavy atom. The molecule has 0 aliphatic heterocycles. The fraction of sp³-hybridized carbons (Fsp3) is 0.357. The molecule has 0 amide bonds. The summed E-state index contributed by atoms with van der Waals surface area (Å²) in [6.45, 7) is 2.68. The SMILES string of the molecule is CCc1cc(CO)cc(OCCc2cccs2)n1. The van der Waals surface area contributed by atoms with E-state index in [1.54, 1.807) is 17.4 Å². The van der Waals surface area contributed by atoms with Gasteiger partial charge in [0.15, 0.2) is 0 Å². The van der Waals surface area contributed by atoms with E-state index in [0.29, 0.717) is 12.5 Å². The topological polar surface area (TPSA) is 42.4 Å². The van der Waals surface area contributed by atoms with Crippen LogP contribution >= 0.6 is 11.3 Å². The van der Waals surface area contributed by atoms with Crippen molar-refractivity contribution in [3.8, 4) is 5.88 Å². The Labute approximate surface area is 111 Å². The van der Waals surface area contributed by atoms with Gasteiger partial charge in [-0.3, -0.25) is 0 Å². The van der Waals surface area contributed by atoms with Gasteiger partial charge in [-0.15, -0.1) is 11.3 Å². The molecule has 3 nitrogen and oxygen atoms in total. The summed E-state index contributed by atoms with van der Waals surface area (Å²) < 4.78 is 5.65. The summed E-state index contributed by atoms with van der Waals surface area (Å²) in [5, 5.41) is 11.2. The molecule has 2 rings (SSSR count). The maximum atomic E-state index is 9.18. The van der Waals surface area contributed by atoms with Crippen LogP contribution in [0.3, 0.4) is 0 Å². The molecule has 0 aliphatic rings. The van der Waals surface area contributed by atoms with Crippen molar-refractivity contribution in [2.75, 3.05) is 6.61 Å². The van der Waals surface area contributed by atoms with Crippen molar-refractivity contribution < 1.29 is 9.84 Å². The van der Waals surface area contributed by atoms with Gasteiger partial charge in [0, 0.05) is 23.1 Å². The van der Waals surface area contributed by atoms with Crippen LogP contribution in [0.4, 0.5) is 0 Å². The average Bonchev–Trinajstić information content (AvgIpc) is 2.91. The van der Waals surface area contributed by atoms with Crippen molar-refractivity contribution in [2.45, 2.75) is 26.4 Å². The number of ether oxygens (including phenoxy) is 1. The lowest BCUT2D eigenvalue weighted by molar-refractivity contribution is 0.277. The minimum absolute atomic E-state index is 0.0246. The molecule has 0 saturated carbocycles. The quantitative estimate of drug-likeness (QED) is 0.871. The summed E-state index contributed by atoms with van der Waals surface area (Å²) in [5.74, 6) is 0.606. The van der Waals surface area contributed by atoms with E-state index in [2.05, 4.69) is 16.4 Å². The van der Waals surface area contributed by atoms with Crippen LogP contribution in [0.2, 0.25) is 0 Å². The third-order valence-electron chi connectivity index (χ3n) is 2.64. The van der Waals surface area contributed by atoms with E-state index < -0.39 is 0 Å². The maximum Gasteiger partial charge on any atom is 0.213 e. The standard InChI is InChI=1S/C14H17NO2S/c1-2-12-8-11(10-16)9-14(15-12)17-6-5-13-4-3-7-18-13/h3-4,7-9,16H,2,5-6,10H2,1H3. The number of hydrogen-bond donors (Lipinski definition) is 1. The van der Waals surface area contributed by atoms with Gasteiger partial charge in [-0.25, -0.2) is 4.98 Å². The van der Waals surface area contributed by atoms with Gasteiger partial charge in [0.2, 0.25) is 5.88 Å². The van der Waals surface area contributed by atoms with E-state index in [9.17, 15) is 5.11 Å². The lowest BCUT2D eigenvalue weighted by Gasteiger charge is -2.08. The van der Waals surface area contributed by atoms with Gasteiger partial charge in [-0.05, 0) is 29.5 Å². The van der Waals surface area contributed by atoms with Crippen molar-refractivity contribution in [3.63, 3.8) is 0 Å². The van der Waals surface area contributed by atoms with Crippen LogP contribution in [0, 0.1) is 0 Å². The molecule has 0 saturated heterocycles. The Hall–Kier alpha value is -1.39. The summed E-state index contributed by atoms with van der Waals surface area (Å²) in [6.07, 6.45) is 1.74.